The van der Waals surface area contributed by atoms with Crippen LogP contribution in [0.25, 0.3) is 11.1 Å². The number of rotatable bonds is 7. The molecule has 2 aliphatic rings. The van der Waals surface area contributed by atoms with Crippen molar-refractivity contribution in [3.8, 4) is 34.4 Å². The second-order valence-electron chi connectivity index (χ2n) is 9.17. The fourth-order valence-electron chi connectivity index (χ4n) is 4.77. The van der Waals surface area contributed by atoms with Crippen molar-refractivity contribution in [3.63, 3.8) is 0 Å². The minimum absolute atomic E-state index is 0.00256. The maximum atomic E-state index is 12.9. The fraction of sp³-hybridized carbons (Fsp3) is 0.345. The molecule has 2 aromatic carbocycles. The molecule has 0 N–H and O–H groups in total. The summed E-state index contributed by atoms with van der Waals surface area (Å²) in [6.07, 6.45) is 5.76. The van der Waals surface area contributed by atoms with Gasteiger partial charge >= 0.3 is 0 Å². The average Bonchev–Trinajstić information content (AvgIpc) is 2.95. The van der Waals surface area contributed by atoms with E-state index in [1.165, 1.54) is 5.56 Å². The third-order valence-electron chi connectivity index (χ3n) is 6.84. The molecular weight excluding hydrogens is 454 g/mol. The minimum atomic E-state index is 0.00256. The molecule has 0 unspecified atom stereocenters. The summed E-state index contributed by atoms with van der Waals surface area (Å²) < 4.78 is 17.2. The summed E-state index contributed by atoms with van der Waals surface area (Å²) in [4.78, 5) is 18.9. The van der Waals surface area contributed by atoms with Gasteiger partial charge in [0.2, 0.25) is 0 Å². The molecule has 184 valence electrons. The number of fused-ring (bicyclic) bond motifs is 1. The number of carbonyl (C=O) groups is 1. The molecule has 1 fully saturated rings. The third kappa shape index (κ3) is 5.60. The van der Waals surface area contributed by atoms with E-state index in [4.69, 9.17) is 19.5 Å². The van der Waals surface area contributed by atoms with Gasteiger partial charge in [-0.05, 0) is 67.5 Å². The molecular formula is C29H29N3O4. The fourth-order valence-corrected chi connectivity index (χ4v) is 4.77. The molecule has 0 aliphatic carbocycles. The van der Waals surface area contributed by atoms with Gasteiger partial charge in [-0.1, -0.05) is 24.3 Å². The van der Waals surface area contributed by atoms with Crippen LogP contribution in [-0.4, -0.2) is 48.7 Å². The van der Waals surface area contributed by atoms with E-state index in [9.17, 15) is 4.79 Å². The Bertz CT molecular complexity index is 1240. The van der Waals surface area contributed by atoms with Gasteiger partial charge in [0.05, 0.1) is 0 Å². The van der Waals surface area contributed by atoms with E-state index in [1.807, 2.05) is 47.4 Å². The topological polar surface area (TPSA) is 84.7 Å². The maximum absolute atomic E-state index is 12.9. The Labute approximate surface area is 211 Å². The Hall–Kier alpha value is -4.05. The van der Waals surface area contributed by atoms with Crippen molar-refractivity contribution in [2.45, 2.75) is 25.7 Å². The first-order chi connectivity index (χ1) is 17.7. The summed E-state index contributed by atoms with van der Waals surface area (Å²) in [6.45, 7) is 2.73. The van der Waals surface area contributed by atoms with E-state index in [0.29, 0.717) is 30.6 Å². The van der Waals surface area contributed by atoms with Crippen molar-refractivity contribution in [2.75, 3.05) is 32.9 Å². The molecule has 7 heteroatoms. The lowest BCUT2D eigenvalue weighted by atomic mass is 9.90. The Balaban J connectivity index is 1.10. The van der Waals surface area contributed by atoms with E-state index in [-0.39, 0.29) is 12.5 Å². The monoisotopic (exact) mass is 483 g/mol. The van der Waals surface area contributed by atoms with Crippen LogP contribution in [0.2, 0.25) is 0 Å². The summed E-state index contributed by atoms with van der Waals surface area (Å²) in [5.74, 6) is 2.92. The molecule has 0 saturated carbocycles. The molecule has 0 radical (unpaired) electrons. The van der Waals surface area contributed by atoms with Gasteiger partial charge in [0, 0.05) is 30.4 Å². The lowest BCUT2D eigenvalue weighted by molar-refractivity contribution is -0.134. The summed E-state index contributed by atoms with van der Waals surface area (Å²) in [5.41, 5.74) is 3.32. The Morgan fingerprint density at radius 2 is 1.86 bits per heavy atom. The molecule has 7 nitrogen and oxygen atoms in total. The quantitative estimate of drug-likeness (QED) is 0.487. The van der Waals surface area contributed by atoms with E-state index >= 15 is 0 Å². The number of aromatic nitrogens is 1. The van der Waals surface area contributed by atoms with Gasteiger partial charge in [-0.3, -0.25) is 4.79 Å². The highest BCUT2D eigenvalue weighted by atomic mass is 16.6. The van der Waals surface area contributed by atoms with Crippen molar-refractivity contribution in [1.29, 1.82) is 5.26 Å². The summed E-state index contributed by atoms with van der Waals surface area (Å²) in [5, 5.41) is 8.97. The van der Waals surface area contributed by atoms with Crippen molar-refractivity contribution in [2.24, 2.45) is 5.92 Å². The largest absolute Gasteiger partial charge is 0.486 e. The Morgan fingerprint density at radius 1 is 1.06 bits per heavy atom. The zero-order chi connectivity index (χ0) is 24.7. The van der Waals surface area contributed by atoms with Crippen molar-refractivity contribution in [3.05, 3.63) is 72.1 Å². The van der Waals surface area contributed by atoms with Crippen LogP contribution in [0.5, 0.6) is 17.2 Å². The van der Waals surface area contributed by atoms with Crippen LogP contribution in [0.3, 0.4) is 0 Å². The number of pyridine rings is 1. The highest BCUT2D eigenvalue weighted by molar-refractivity contribution is 5.78. The number of para-hydroxylation sites is 1. The molecule has 5 rings (SSSR count). The van der Waals surface area contributed by atoms with Crippen LogP contribution in [0.1, 0.15) is 30.5 Å². The number of benzene rings is 2. The van der Waals surface area contributed by atoms with E-state index < -0.39 is 0 Å². The zero-order valence-corrected chi connectivity index (χ0v) is 20.2. The summed E-state index contributed by atoms with van der Waals surface area (Å²) in [6, 6.07) is 19.3. The van der Waals surface area contributed by atoms with Gasteiger partial charge in [-0.2, -0.15) is 5.26 Å². The summed E-state index contributed by atoms with van der Waals surface area (Å²) >= 11 is 0. The van der Waals surface area contributed by atoms with Crippen LogP contribution in [0.15, 0.2) is 60.8 Å². The SMILES string of the molecule is N#Cc1ccc(-c2ccccc2OCC(=O)N2CCC(CCc3ccc4c(c3)OCCO4)CC2)cn1. The first-order valence-corrected chi connectivity index (χ1v) is 12.4. The number of aryl methyl sites for hydroxylation is 1. The van der Waals surface area contributed by atoms with Crippen molar-refractivity contribution < 1.29 is 19.0 Å². The predicted molar refractivity (Wildman–Crippen MR) is 135 cm³/mol. The van der Waals surface area contributed by atoms with Crippen LogP contribution < -0.4 is 14.2 Å². The second kappa shape index (κ2) is 11.1. The van der Waals surface area contributed by atoms with Crippen LogP contribution in [0, 0.1) is 17.2 Å². The minimum Gasteiger partial charge on any atom is -0.486 e. The number of hydrogen-bond acceptors (Lipinski definition) is 6. The number of likely N-dealkylation sites (tertiary alicyclic amines) is 1. The molecule has 1 amide bonds. The predicted octanol–water partition coefficient (Wildman–Crippen LogP) is 4.64. The van der Waals surface area contributed by atoms with Gasteiger partial charge in [0.15, 0.2) is 18.1 Å². The highest BCUT2D eigenvalue weighted by Crippen LogP contribution is 2.32. The molecule has 1 saturated heterocycles. The van der Waals surface area contributed by atoms with Gasteiger partial charge in [-0.15, -0.1) is 0 Å². The lowest BCUT2D eigenvalue weighted by Gasteiger charge is -2.32. The van der Waals surface area contributed by atoms with E-state index in [2.05, 4.69) is 17.1 Å². The molecule has 0 spiro atoms. The third-order valence-corrected chi connectivity index (χ3v) is 6.84. The highest BCUT2D eigenvalue weighted by Gasteiger charge is 2.23. The average molecular weight is 484 g/mol. The van der Waals surface area contributed by atoms with Gasteiger partial charge in [0.1, 0.15) is 30.7 Å². The maximum Gasteiger partial charge on any atom is 0.260 e. The van der Waals surface area contributed by atoms with Gasteiger partial charge < -0.3 is 19.1 Å². The lowest BCUT2D eigenvalue weighted by Crippen LogP contribution is -2.41. The number of nitriles is 1. The number of hydrogen-bond donors (Lipinski definition) is 0. The number of nitrogens with zero attached hydrogens (tertiary/aromatic N) is 3. The molecule has 2 aliphatic heterocycles. The molecule has 3 aromatic rings. The normalized spacial score (nSPS) is 15.2. The second-order valence-corrected chi connectivity index (χ2v) is 9.17. The number of ether oxygens (including phenoxy) is 3. The smallest absolute Gasteiger partial charge is 0.260 e. The first-order valence-electron chi connectivity index (χ1n) is 12.4. The molecule has 0 atom stereocenters. The van der Waals surface area contributed by atoms with Gasteiger partial charge in [0.25, 0.3) is 5.91 Å². The van der Waals surface area contributed by atoms with E-state index in [1.54, 1.807) is 12.3 Å². The number of carbonyl (C=O) groups excluding carboxylic acids is 1. The zero-order valence-electron chi connectivity index (χ0n) is 20.2. The number of amides is 1. The van der Waals surface area contributed by atoms with E-state index in [0.717, 1.165) is 61.4 Å². The molecule has 0 bridgehead atoms. The van der Waals surface area contributed by atoms with Crippen molar-refractivity contribution >= 4 is 5.91 Å². The van der Waals surface area contributed by atoms with Crippen LogP contribution in [0.4, 0.5) is 0 Å². The molecule has 1 aromatic heterocycles. The van der Waals surface area contributed by atoms with Crippen molar-refractivity contribution in [1.82, 2.24) is 9.88 Å². The summed E-state index contributed by atoms with van der Waals surface area (Å²) in [7, 11) is 0. The molecule has 3 heterocycles. The standard InChI is InChI=1S/C29H29N3O4/c30-18-24-9-8-23(19-31-24)25-3-1-2-4-26(25)36-20-29(33)32-13-11-21(12-14-32)5-6-22-7-10-27-28(17-22)35-16-15-34-27/h1-4,7-10,17,19,21H,5-6,11-16,20H2. The Kier molecular flexibility index (Phi) is 7.32. The van der Waals surface area contributed by atoms with Gasteiger partial charge in [-0.25, -0.2) is 4.98 Å². The Morgan fingerprint density at radius 3 is 2.64 bits per heavy atom. The number of piperidine rings is 1. The first kappa shape index (κ1) is 23.7. The van der Waals surface area contributed by atoms with Crippen LogP contribution >= 0.6 is 0 Å². The molecule has 36 heavy (non-hydrogen) atoms. The van der Waals surface area contributed by atoms with Crippen LogP contribution in [-0.2, 0) is 11.2 Å².